The van der Waals surface area contributed by atoms with Gasteiger partial charge >= 0.3 is 5.97 Å². The zero-order chi connectivity index (χ0) is 19.9. The lowest BCUT2D eigenvalue weighted by atomic mass is 10.0. The molecular weight excluding hydrogens is 382 g/mol. The summed E-state index contributed by atoms with van der Waals surface area (Å²) in [5.74, 6) is -0.569. The SMILES string of the molecule is O=C(COC(c1ccccc1)c1ccc(Cl)cc1)Oc1cccc([N+](=O)[O-])c1. The normalized spacial score (nSPS) is 11.6. The first-order valence-corrected chi connectivity index (χ1v) is 8.78. The maximum Gasteiger partial charge on any atom is 0.337 e. The lowest BCUT2D eigenvalue weighted by Crippen LogP contribution is -2.18. The summed E-state index contributed by atoms with van der Waals surface area (Å²) < 4.78 is 11.0. The predicted molar refractivity (Wildman–Crippen MR) is 104 cm³/mol. The summed E-state index contributed by atoms with van der Waals surface area (Å²) in [5.41, 5.74) is 1.54. The fourth-order valence-electron chi connectivity index (χ4n) is 2.62. The Morgan fingerprint density at radius 2 is 1.64 bits per heavy atom. The van der Waals surface area contributed by atoms with Crippen molar-refractivity contribution >= 4 is 23.3 Å². The van der Waals surface area contributed by atoms with Gasteiger partial charge in [0.15, 0.2) is 0 Å². The largest absolute Gasteiger partial charge is 0.425 e. The molecule has 0 aliphatic carbocycles. The lowest BCUT2D eigenvalue weighted by molar-refractivity contribution is -0.384. The van der Waals surface area contributed by atoms with E-state index < -0.39 is 17.0 Å². The molecule has 1 unspecified atom stereocenters. The van der Waals surface area contributed by atoms with Crippen molar-refractivity contribution in [1.82, 2.24) is 0 Å². The fraction of sp³-hybridized carbons (Fsp3) is 0.0952. The molecule has 142 valence electrons. The quantitative estimate of drug-likeness (QED) is 0.243. The van der Waals surface area contributed by atoms with Gasteiger partial charge in [-0.2, -0.15) is 0 Å². The van der Waals surface area contributed by atoms with Crippen molar-refractivity contribution < 1.29 is 19.2 Å². The van der Waals surface area contributed by atoms with Gasteiger partial charge in [0.2, 0.25) is 0 Å². The molecule has 3 aromatic carbocycles. The van der Waals surface area contributed by atoms with Gasteiger partial charge in [-0.3, -0.25) is 10.1 Å². The molecule has 0 radical (unpaired) electrons. The molecule has 0 heterocycles. The van der Waals surface area contributed by atoms with Gasteiger partial charge in [0.25, 0.3) is 5.69 Å². The minimum absolute atomic E-state index is 0.0885. The van der Waals surface area contributed by atoms with Crippen LogP contribution >= 0.6 is 11.6 Å². The lowest BCUT2D eigenvalue weighted by Gasteiger charge is -2.18. The fourth-order valence-corrected chi connectivity index (χ4v) is 2.75. The number of nitro groups is 1. The highest BCUT2D eigenvalue weighted by molar-refractivity contribution is 6.30. The van der Waals surface area contributed by atoms with E-state index in [9.17, 15) is 14.9 Å². The molecule has 7 heteroatoms. The summed E-state index contributed by atoms with van der Waals surface area (Å²) in [4.78, 5) is 22.4. The number of esters is 1. The van der Waals surface area contributed by atoms with E-state index >= 15 is 0 Å². The van der Waals surface area contributed by atoms with Gasteiger partial charge in [-0.25, -0.2) is 4.79 Å². The molecule has 0 aliphatic rings. The van der Waals surface area contributed by atoms with Gasteiger partial charge < -0.3 is 9.47 Å². The van der Waals surface area contributed by atoms with Crippen LogP contribution in [0.25, 0.3) is 0 Å². The molecule has 6 nitrogen and oxygen atoms in total. The minimum atomic E-state index is -0.657. The highest BCUT2D eigenvalue weighted by Gasteiger charge is 2.18. The zero-order valence-electron chi connectivity index (χ0n) is 14.7. The van der Waals surface area contributed by atoms with E-state index in [2.05, 4.69) is 0 Å². The van der Waals surface area contributed by atoms with Crippen molar-refractivity contribution in [1.29, 1.82) is 0 Å². The number of hydrogen-bond acceptors (Lipinski definition) is 5. The average Bonchev–Trinajstić information content (AvgIpc) is 2.70. The van der Waals surface area contributed by atoms with E-state index in [1.165, 1.54) is 24.3 Å². The Labute approximate surface area is 166 Å². The third kappa shape index (κ3) is 5.16. The monoisotopic (exact) mass is 397 g/mol. The number of nitrogens with zero attached hydrogens (tertiary/aromatic N) is 1. The number of halogens is 1. The van der Waals surface area contributed by atoms with Crippen LogP contribution in [0.5, 0.6) is 5.75 Å². The Morgan fingerprint density at radius 3 is 2.32 bits per heavy atom. The molecule has 0 saturated heterocycles. The number of rotatable bonds is 7. The second kappa shape index (κ2) is 9.12. The molecule has 1 atom stereocenters. The van der Waals surface area contributed by atoms with Crippen LogP contribution in [0.4, 0.5) is 5.69 Å². The van der Waals surface area contributed by atoms with Crippen LogP contribution in [0.15, 0.2) is 78.9 Å². The van der Waals surface area contributed by atoms with Gasteiger partial charge in [-0.05, 0) is 29.3 Å². The van der Waals surface area contributed by atoms with Crippen molar-refractivity contribution in [3.8, 4) is 5.75 Å². The van der Waals surface area contributed by atoms with Crippen LogP contribution in [0, 0.1) is 10.1 Å². The number of carbonyl (C=O) groups excluding carboxylic acids is 1. The van der Waals surface area contributed by atoms with Crippen LogP contribution in [0.1, 0.15) is 17.2 Å². The van der Waals surface area contributed by atoms with Gasteiger partial charge in [-0.15, -0.1) is 0 Å². The summed E-state index contributed by atoms with van der Waals surface area (Å²) in [6.07, 6.45) is -0.490. The Balaban J connectivity index is 1.71. The Bertz CT molecular complexity index is 960. The first kappa shape index (κ1) is 19.5. The number of carbonyl (C=O) groups is 1. The number of nitro benzene ring substituents is 1. The highest BCUT2D eigenvalue weighted by Crippen LogP contribution is 2.27. The van der Waals surface area contributed by atoms with Crippen LogP contribution in [-0.4, -0.2) is 17.5 Å². The van der Waals surface area contributed by atoms with Gasteiger partial charge in [0.1, 0.15) is 18.5 Å². The first-order valence-electron chi connectivity index (χ1n) is 8.40. The molecule has 0 fully saturated rings. The van der Waals surface area contributed by atoms with E-state index in [1.54, 1.807) is 12.1 Å². The standard InChI is InChI=1S/C21H16ClNO5/c22-17-11-9-16(10-12-17)21(15-5-2-1-3-6-15)27-14-20(24)28-19-8-4-7-18(13-19)23(25)26/h1-13,21H,14H2. The van der Waals surface area contributed by atoms with Gasteiger partial charge in [0, 0.05) is 11.1 Å². The highest BCUT2D eigenvalue weighted by atomic mass is 35.5. The van der Waals surface area contributed by atoms with Crippen molar-refractivity contribution in [2.24, 2.45) is 0 Å². The Morgan fingerprint density at radius 1 is 0.964 bits per heavy atom. The van der Waals surface area contributed by atoms with Crippen LogP contribution in [0.3, 0.4) is 0 Å². The molecule has 0 aromatic heterocycles. The third-order valence-corrected chi connectivity index (χ3v) is 4.16. The van der Waals surface area contributed by atoms with Crippen LogP contribution in [-0.2, 0) is 9.53 Å². The Hall–Kier alpha value is -3.22. The number of non-ortho nitro benzene ring substituents is 1. The molecule has 0 saturated carbocycles. The maximum atomic E-state index is 12.2. The molecule has 3 aromatic rings. The molecule has 0 spiro atoms. The summed E-state index contributed by atoms with van der Waals surface area (Å²) >= 11 is 5.95. The number of benzene rings is 3. The van der Waals surface area contributed by atoms with E-state index in [1.807, 2.05) is 42.5 Å². The summed E-state index contributed by atoms with van der Waals surface area (Å²) in [6.45, 7) is -0.328. The summed E-state index contributed by atoms with van der Waals surface area (Å²) in [7, 11) is 0. The molecule has 0 bridgehead atoms. The number of hydrogen-bond donors (Lipinski definition) is 0. The molecule has 0 aliphatic heterocycles. The predicted octanol–water partition coefficient (Wildman–Crippen LogP) is 4.96. The molecule has 3 rings (SSSR count). The van der Waals surface area contributed by atoms with Crippen molar-refractivity contribution in [2.45, 2.75) is 6.10 Å². The average molecular weight is 398 g/mol. The molecular formula is C21H16ClNO5. The second-order valence-electron chi connectivity index (χ2n) is 5.88. The van der Waals surface area contributed by atoms with Crippen molar-refractivity contribution in [3.63, 3.8) is 0 Å². The second-order valence-corrected chi connectivity index (χ2v) is 6.32. The van der Waals surface area contributed by atoms with E-state index in [0.29, 0.717) is 5.02 Å². The van der Waals surface area contributed by atoms with E-state index in [0.717, 1.165) is 11.1 Å². The topological polar surface area (TPSA) is 78.7 Å². The Kier molecular flexibility index (Phi) is 6.37. The first-order chi connectivity index (χ1) is 13.5. The minimum Gasteiger partial charge on any atom is -0.425 e. The van der Waals surface area contributed by atoms with Gasteiger partial charge in [0.05, 0.1) is 11.0 Å². The van der Waals surface area contributed by atoms with Crippen molar-refractivity contribution in [3.05, 3.63) is 105 Å². The van der Waals surface area contributed by atoms with E-state index in [-0.39, 0.29) is 18.0 Å². The summed E-state index contributed by atoms with van der Waals surface area (Å²) in [6, 6.07) is 22.0. The molecule has 0 amide bonds. The molecule has 28 heavy (non-hydrogen) atoms. The zero-order valence-corrected chi connectivity index (χ0v) is 15.4. The summed E-state index contributed by atoms with van der Waals surface area (Å²) in [5, 5.41) is 11.4. The van der Waals surface area contributed by atoms with Gasteiger partial charge in [-0.1, -0.05) is 60.1 Å². The smallest absolute Gasteiger partial charge is 0.337 e. The van der Waals surface area contributed by atoms with Crippen LogP contribution < -0.4 is 4.74 Å². The number of ether oxygens (including phenoxy) is 2. The van der Waals surface area contributed by atoms with Crippen LogP contribution in [0.2, 0.25) is 5.02 Å². The maximum absolute atomic E-state index is 12.2. The molecule has 0 N–H and O–H groups in total. The van der Waals surface area contributed by atoms with E-state index in [4.69, 9.17) is 21.1 Å². The third-order valence-electron chi connectivity index (χ3n) is 3.90. The van der Waals surface area contributed by atoms with Crippen molar-refractivity contribution in [2.75, 3.05) is 6.61 Å².